The third-order valence-electron chi connectivity index (χ3n) is 13.7. The van der Waals surface area contributed by atoms with Gasteiger partial charge in [-0.3, -0.25) is 0 Å². The second kappa shape index (κ2) is 14.7. The van der Waals surface area contributed by atoms with Gasteiger partial charge in [0.15, 0.2) is 16.9 Å². The van der Waals surface area contributed by atoms with Gasteiger partial charge in [0, 0.05) is 38.5 Å². The molecule has 0 aliphatic carbocycles. The summed E-state index contributed by atoms with van der Waals surface area (Å²) in [6.07, 6.45) is 0. The van der Waals surface area contributed by atoms with E-state index in [1.54, 1.807) is 0 Å². The summed E-state index contributed by atoms with van der Waals surface area (Å²) >= 11 is 0. The molecule has 3 heterocycles. The minimum absolute atomic E-state index is 1.17. The predicted octanol–water partition coefficient (Wildman–Crippen LogP) is 9.75. The molecule has 0 N–H and O–H groups in total. The molecule has 2 nitrogen and oxygen atoms in total. The molecule has 4 heteroatoms. The van der Waals surface area contributed by atoms with Crippen molar-refractivity contribution in [2.24, 2.45) is 0 Å². The van der Waals surface area contributed by atoms with Gasteiger partial charge >= 0.3 is 0 Å². The fraction of sp³-hybridized carbons (Fsp3) is 0. The molecule has 1 radical (unpaired) electrons. The first-order chi connectivity index (χ1) is 31.8. The van der Waals surface area contributed by atoms with Gasteiger partial charge in [-0.15, -0.1) is 0 Å². The van der Waals surface area contributed by atoms with Crippen LogP contribution in [0, 0.1) is 0 Å². The van der Waals surface area contributed by atoms with Crippen molar-refractivity contribution in [2.75, 3.05) is 0 Å². The molecule has 0 saturated heterocycles. The van der Waals surface area contributed by atoms with E-state index in [0.29, 0.717) is 0 Å². The van der Waals surface area contributed by atoms with Crippen LogP contribution >= 0.6 is 0 Å². The zero-order valence-electron chi connectivity index (χ0n) is 35.1. The van der Waals surface area contributed by atoms with E-state index in [0.717, 1.165) is 0 Å². The Labute approximate surface area is 375 Å². The Hall–Kier alpha value is -7.77. The van der Waals surface area contributed by atoms with Gasteiger partial charge in [0.1, 0.15) is 0 Å². The highest BCUT2D eigenvalue weighted by Gasteiger charge is 2.42. The fourth-order valence-electron chi connectivity index (χ4n) is 11.1. The molecule has 13 rings (SSSR count). The Kier molecular flexibility index (Phi) is 8.45. The topological polar surface area (TPSA) is 9.86 Å². The van der Waals surface area contributed by atoms with Crippen molar-refractivity contribution < 1.29 is 0 Å². The lowest BCUT2D eigenvalue weighted by Crippen LogP contribution is -2.74. The molecular formula is C60H41N2Si2. The van der Waals surface area contributed by atoms with Crippen molar-refractivity contribution in [1.82, 2.24) is 9.13 Å². The number of fused-ring (bicyclic) bond motifs is 10. The number of para-hydroxylation sites is 3. The molecule has 12 aromatic rings. The molecular weight excluding hydrogens is 805 g/mol. The summed E-state index contributed by atoms with van der Waals surface area (Å²) in [4.78, 5) is 0. The van der Waals surface area contributed by atoms with E-state index >= 15 is 0 Å². The normalized spacial score (nSPS) is 12.6. The second-order valence-corrected chi connectivity index (χ2v) is 23.2. The Morgan fingerprint density at radius 1 is 0.312 bits per heavy atom. The summed E-state index contributed by atoms with van der Waals surface area (Å²) in [5.74, 6) is 0. The van der Waals surface area contributed by atoms with Gasteiger partial charge in [0.2, 0.25) is 0 Å². The lowest BCUT2D eigenvalue weighted by molar-refractivity contribution is 1.18. The second-order valence-electron chi connectivity index (χ2n) is 17.0. The summed E-state index contributed by atoms with van der Waals surface area (Å²) in [6.45, 7) is 0. The van der Waals surface area contributed by atoms with E-state index in [9.17, 15) is 0 Å². The van der Waals surface area contributed by atoms with Gasteiger partial charge in [0.25, 0.3) is 0 Å². The van der Waals surface area contributed by atoms with E-state index < -0.39 is 16.9 Å². The van der Waals surface area contributed by atoms with Crippen LogP contribution in [0.1, 0.15) is 0 Å². The van der Waals surface area contributed by atoms with Crippen LogP contribution in [0.15, 0.2) is 249 Å². The smallest absolute Gasteiger partial charge is 0.179 e. The van der Waals surface area contributed by atoms with E-state index in [2.05, 4.69) is 258 Å². The van der Waals surface area contributed by atoms with Crippen molar-refractivity contribution in [3.8, 4) is 22.5 Å². The maximum atomic E-state index is 2.59. The molecule has 10 aromatic carbocycles. The fourth-order valence-corrected chi connectivity index (χ4v) is 18.9. The third kappa shape index (κ3) is 5.37. The van der Waals surface area contributed by atoms with Crippen LogP contribution in [-0.2, 0) is 0 Å². The van der Waals surface area contributed by atoms with Crippen molar-refractivity contribution in [2.45, 2.75) is 0 Å². The number of hydrogen-bond donors (Lipinski definition) is 0. The van der Waals surface area contributed by atoms with Crippen LogP contribution < -0.4 is 36.3 Å². The standard InChI is InChI=1S/C60H41N2Si2/c1-4-22-44(23-5-1)63-57-37-17-13-33-53(57)59-58(63)39-38-52-51-32-12-16-36-56(51)62(60(52)59)43-21-19-29-48(41-43)64(45-24-6-2-7-25-45,46-26-8-3-9-27-46)47-28-18-20-42(40-47)61-54-34-14-10-30-49(54)50-31-11-15-35-55(50)61/h1-41H. The number of rotatable bonds is 7. The maximum Gasteiger partial charge on any atom is 0.179 e. The average molecular weight is 846 g/mol. The molecule has 1 aliphatic rings. The first-order valence-electron chi connectivity index (χ1n) is 22.2. The van der Waals surface area contributed by atoms with Crippen LogP contribution in [-0.4, -0.2) is 26.0 Å². The number of benzene rings is 10. The minimum atomic E-state index is -3.01. The molecule has 0 spiro atoms. The molecule has 64 heavy (non-hydrogen) atoms. The largest absolute Gasteiger partial charge is 0.309 e. The molecule has 0 saturated carbocycles. The van der Waals surface area contributed by atoms with Gasteiger partial charge in [0.05, 0.1) is 22.1 Å². The average Bonchev–Trinajstić information content (AvgIpc) is 4.01. The van der Waals surface area contributed by atoms with Crippen LogP contribution in [0.25, 0.3) is 66.1 Å². The van der Waals surface area contributed by atoms with Crippen LogP contribution in [0.3, 0.4) is 0 Å². The summed E-state index contributed by atoms with van der Waals surface area (Å²) in [5.41, 5.74) is 10.0. The predicted molar refractivity (Wildman–Crippen MR) is 275 cm³/mol. The van der Waals surface area contributed by atoms with Crippen molar-refractivity contribution in [3.05, 3.63) is 249 Å². The minimum Gasteiger partial charge on any atom is -0.309 e. The van der Waals surface area contributed by atoms with Crippen LogP contribution in [0.5, 0.6) is 0 Å². The summed E-state index contributed by atoms with van der Waals surface area (Å²) in [5, 5.41) is 14.8. The third-order valence-corrected chi connectivity index (χ3v) is 21.3. The van der Waals surface area contributed by atoms with E-state index in [1.165, 1.54) is 102 Å². The molecule has 0 amide bonds. The number of nitrogens with zero attached hydrogens (tertiary/aromatic N) is 2. The lowest BCUT2D eigenvalue weighted by atomic mass is 10.0. The van der Waals surface area contributed by atoms with Crippen molar-refractivity contribution in [3.63, 3.8) is 0 Å². The Morgan fingerprint density at radius 3 is 1.36 bits per heavy atom. The van der Waals surface area contributed by atoms with Gasteiger partial charge in [-0.1, -0.05) is 211 Å². The number of aromatic nitrogens is 2. The Bertz CT molecular complexity index is 3640. The maximum absolute atomic E-state index is 3.01. The van der Waals surface area contributed by atoms with Gasteiger partial charge in [-0.05, 0) is 79.1 Å². The highest BCUT2D eigenvalue weighted by Crippen LogP contribution is 2.39. The van der Waals surface area contributed by atoms with Crippen molar-refractivity contribution >= 4 is 96.8 Å². The summed E-state index contributed by atoms with van der Waals surface area (Å²) in [6, 6.07) is 93.6. The summed E-state index contributed by atoms with van der Waals surface area (Å²) < 4.78 is 5.05. The monoisotopic (exact) mass is 845 g/mol. The highest BCUT2D eigenvalue weighted by atomic mass is 28.3. The van der Waals surface area contributed by atoms with Gasteiger partial charge < -0.3 is 9.13 Å². The summed E-state index contributed by atoms with van der Waals surface area (Å²) in [7, 11) is -4.24. The Balaban J connectivity index is 1.10. The molecule has 0 atom stereocenters. The molecule has 0 fully saturated rings. The first kappa shape index (κ1) is 36.8. The molecule has 299 valence electrons. The Morgan fingerprint density at radius 2 is 0.766 bits per heavy atom. The number of hydrogen-bond acceptors (Lipinski definition) is 0. The molecule has 0 bridgehead atoms. The quantitative estimate of drug-likeness (QED) is 0.112. The van der Waals surface area contributed by atoms with Crippen LogP contribution in [0.4, 0.5) is 0 Å². The van der Waals surface area contributed by atoms with Crippen LogP contribution in [0.2, 0.25) is 0 Å². The van der Waals surface area contributed by atoms with Crippen molar-refractivity contribution in [1.29, 1.82) is 0 Å². The highest BCUT2D eigenvalue weighted by molar-refractivity contribution is 7.20. The zero-order chi connectivity index (χ0) is 42.2. The van der Waals surface area contributed by atoms with E-state index in [1.807, 2.05) is 0 Å². The SMILES string of the molecule is c1ccc([Si]2c3ccccc3-c3c2ccc2c4ccccc4n(-c4cccc([Si](c5ccccc5)(c5ccccc5)c5cccc(-n6c7ccccc7c7ccccc76)c5)c4)c32)cc1. The van der Waals surface area contributed by atoms with Gasteiger partial charge in [-0.25, -0.2) is 0 Å². The lowest BCUT2D eigenvalue weighted by Gasteiger charge is -2.35. The molecule has 2 aromatic heterocycles. The molecule has 0 unspecified atom stereocenters. The van der Waals surface area contributed by atoms with Gasteiger partial charge in [-0.2, -0.15) is 0 Å². The molecule has 1 aliphatic heterocycles. The zero-order valence-corrected chi connectivity index (χ0v) is 37.1. The van der Waals surface area contributed by atoms with E-state index in [-0.39, 0.29) is 0 Å². The first-order valence-corrected chi connectivity index (χ1v) is 25.7. The van der Waals surface area contributed by atoms with E-state index in [4.69, 9.17) is 0 Å².